The Morgan fingerprint density at radius 2 is 1.96 bits per heavy atom. The highest BCUT2D eigenvalue weighted by Crippen LogP contribution is 2.18. The van der Waals surface area contributed by atoms with Crippen molar-refractivity contribution in [3.05, 3.63) is 59.1 Å². The Balaban J connectivity index is 1.89. The number of rotatable bonds is 6. The number of halogens is 1. The molecule has 0 fully saturated rings. The molecule has 1 unspecified atom stereocenters. The van der Waals surface area contributed by atoms with Crippen LogP contribution in [-0.2, 0) is 4.79 Å². The van der Waals surface area contributed by atoms with Crippen LogP contribution in [0.2, 0.25) is 5.02 Å². The average Bonchev–Trinajstić information content (AvgIpc) is 2.55. The first-order valence-corrected chi connectivity index (χ1v) is 7.35. The Labute approximate surface area is 139 Å². The fourth-order valence-electron chi connectivity index (χ4n) is 1.78. The normalized spacial score (nSPS) is 12.0. The highest BCUT2D eigenvalue weighted by atomic mass is 35.5. The van der Waals surface area contributed by atoms with Gasteiger partial charge in [-0.05, 0) is 42.8 Å². The van der Waals surface area contributed by atoms with Crippen molar-refractivity contribution < 1.29 is 14.3 Å². The number of ether oxygens (including phenoxy) is 2. The summed E-state index contributed by atoms with van der Waals surface area (Å²) in [6, 6.07) is 14.2. The van der Waals surface area contributed by atoms with Crippen LogP contribution in [-0.4, -0.2) is 25.3 Å². The average molecular weight is 333 g/mol. The second-order valence-electron chi connectivity index (χ2n) is 4.73. The summed E-state index contributed by atoms with van der Waals surface area (Å²) in [5.41, 5.74) is 3.25. The molecule has 23 heavy (non-hydrogen) atoms. The van der Waals surface area contributed by atoms with Crippen molar-refractivity contribution in [3.8, 4) is 11.5 Å². The molecule has 0 aliphatic rings. The molecular weight excluding hydrogens is 316 g/mol. The SMILES string of the molecule is COc1cccc(C=NNC(=O)C(C)Oc2cccc(Cl)c2)c1. The molecule has 0 heterocycles. The zero-order chi connectivity index (χ0) is 16.7. The van der Waals surface area contributed by atoms with Crippen LogP contribution < -0.4 is 14.9 Å². The molecule has 0 spiro atoms. The van der Waals surface area contributed by atoms with Crippen LogP contribution in [0.3, 0.4) is 0 Å². The summed E-state index contributed by atoms with van der Waals surface area (Å²) < 4.78 is 10.6. The lowest BCUT2D eigenvalue weighted by molar-refractivity contribution is -0.127. The smallest absolute Gasteiger partial charge is 0.280 e. The lowest BCUT2D eigenvalue weighted by Crippen LogP contribution is -2.33. The maximum atomic E-state index is 11.9. The topological polar surface area (TPSA) is 59.9 Å². The van der Waals surface area contributed by atoms with Gasteiger partial charge in [-0.1, -0.05) is 29.8 Å². The van der Waals surface area contributed by atoms with Gasteiger partial charge in [0, 0.05) is 5.02 Å². The van der Waals surface area contributed by atoms with Crippen molar-refractivity contribution in [2.24, 2.45) is 5.10 Å². The van der Waals surface area contributed by atoms with Crippen LogP contribution in [0.4, 0.5) is 0 Å². The quantitative estimate of drug-likeness (QED) is 0.652. The van der Waals surface area contributed by atoms with Crippen molar-refractivity contribution in [2.45, 2.75) is 13.0 Å². The third-order valence-corrected chi connectivity index (χ3v) is 3.20. The zero-order valence-corrected chi connectivity index (χ0v) is 13.6. The van der Waals surface area contributed by atoms with Crippen LogP contribution >= 0.6 is 11.6 Å². The maximum absolute atomic E-state index is 11.9. The number of amides is 1. The van der Waals surface area contributed by atoms with Crippen molar-refractivity contribution >= 4 is 23.7 Å². The van der Waals surface area contributed by atoms with Gasteiger partial charge in [-0.2, -0.15) is 5.10 Å². The molecule has 0 saturated carbocycles. The Bertz CT molecular complexity index is 704. The van der Waals surface area contributed by atoms with Crippen molar-refractivity contribution in [1.29, 1.82) is 0 Å². The van der Waals surface area contributed by atoms with E-state index >= 15 is 0 Å². The van der Waals surface area contributed by atoms with Gasteiger partial charge in [-0.25, -0.2) is 5.43 Å². The van der Waals surface area contributed by atoms with E-state index in [9.17, 15) is 4.79 Å². The molecule has 0 aliphatic heterocycles. The van der Waals surface area contributed by atoms with Crippen LogP contribution in [0.15, 0.2) is 53.6 Å². The largest absolute Gasteiger partial charge is 0.497 e. The summed E-state index contributed by atoms with van der Waals surface area (Å²) in [5.74, 6) is 0.888. The second-order valence-corrected chi connectivity index (χ2v) is 5.16. The molecule has 5 nitrogen and oxygen atoms in total. The molecule has 0 saturated heterocycles. The number of methoxy groups -OCH3 is 1. The molecule has 0 radical (unpaired) electrons. The van der Waals surface area contributed by atoms with Gasteiger partial charge in [-0.3, -0.25) is 4.79 Å². The molecule has 2 rings (SSSR count). The highest BCUT2D eigenvalue weighted by molar-refractivity contribution is 6.30. The summed E-state index contributed by atoms with van der Waals surface area (Å²) in [6.07, 6.45) is 0.836. The number of hydrazone groups is 1. The first-order valence-electron chi connectivity index (χ1n) is 6.97. The number of carbonyl (C=O) groups is 1. The summed E-state index contributed by atoms with van der Waals surface area (Å²) in [6.45, 7) is 1.64. The minimum atomic E-state index is -0.698. The molecule has 0 bridgehead atoms. The summed E-state index contributed by atoms with van der Waals surface area (Å²) >= 11 is 5.87. The number of hydrogen-bond donors (Lipinski definition) is 1. The Morgan fingerprint density at radius 3 is 2.70 bits per heavy atom. The number of carbonyl (C=O) groups excluding carboxylic acids is 1. The molecule has 6 heteroatoms. The lowest BCUT2D eigenvalue weighted by Gasteiger charge is -2.12. The van der Waals surface area contributed by atoms with Gasteiger partial charge in [0.2, 0.25) is 0 Å². The van der Waals surface area contributed by atoms with Gasteiger partial charge in [0.15, 0.2) is 6.10 Å². The van der Waals surface area contributed by atoms with Crippen LogP contribution in [0.25, 0.3) is 0 Å². The van der Waals surface area contributed by atoms with Gasteiger partial charge < -0.3 is 9.47 Å². The number of hydrogen-bond acceptors (Lipinski definition) is 4. The summed E-state index contributed by atoms with van der Waals surface area (Å²) in [5, 5.41) is 4.46. The minimum absolute atomic E-state index is 0.357. The van der Waals surface area contributed by atoms with Crippen molar-refractivity contribution in [1.82, 2.24) is 5.43 Å². The third-order valence-electron chi connectivity index (χ3n) is 2.96. The Hall–Kier alpha value is -2.53. The first-order chi connectivity index (χ1) is 11.1. The zero-order valence-electron chi connectivity index (χ0n) is 12.8. The second kappa shape index (κ2) is 8.19. The van der Waals surface area contributed by atoms with E-state index in [0.717, 1.165) is 11.3 Å². The fraction of sp³-hybridized carbons (Fsp3) is 0.176. The fourth-order valence-corrected chi connectivity index (χ4v) is 1.96. The summed E-state index contributed by atoms with van der Waals surface area (Å²) in [4.78, 5) is 11.9. The molecule has 1 amide bonds. The maximum Gasteiger partial charge on any atom is 0.280 e. The molecule has 0 aliphatic carbocycles. The van der Waals surface area contributed by atoms with E-state index in [0.29, 0.717) is 10.8 Å². The predicted octanol–water partition coefficient (Wildman–Crippen LogP) is 3.27. The van der Waals surface area contributed by atoms with Crippen LogP contribution in [0.5, 0.6) is 11.5 Å². The molecule has 1 atom stereocenters. The third kappa shape index (κ3) is 5.30. The molecular formula is C17H17ClN2O3. The summed E-state index contributed by atoms with van der Waals surface area (Å²) in [7, 11) is 1.59. The van der Waals surface area contributed by atoms with E-state index in [1.807, 2.05) is 24.3 Å². The van der Waals surface area contributed by atoms with Gasteiger partial charge in [0.05, 0.1) is 13.3 Å². The van der Waals surface area contributed by atoms with E-state index in [1.54, 1.807) is 38.3 Å². The number of benzene rings is 2. The molecule has 1 N–H and O–H groups in total. The van der Waals surface area contributed by atoms with Gasteiger partial charge >= 0.3 is 0 Å². The monoisotopic (exact) mass is 332 g/mol. The van der Waals surface area contributed by atoms with Gasteiger partial charge in [0.25, 0.3) is 5.91 Å². The van der Waals surface area contributed by atoms with Crippen molar-refractivity contribution in [3.63, 3.8) is 0 Å². The van der Waals surface area contributed by atoms with Crippen molar-refractivity contribution in [2.75, 3.05) is 7.11 Å². The molecule has 120 valence electrons. The standard InChI is InChI=1S/C17H17ClN2O3/c1-12(23-16-8-4-6-14(18)10-16)17(21)20-19-11-13-5-3-7-15(9-13)22-2/h3-12H,1-2H3,(H,20,21). The van der Waals surface area contributed by atoms with Gasteiger partial charge in [-0.15, -0.1) is 0 Å². The van der Waals surface area contributed by atoms with Crippen LogP contribution in [0, 0.1) is 0 Å². The van der Waals surface area contributed by atoms with Gasteiger partial charge in [0.1, 0.15) is 11.5 Å². The lowest BCUT2D eigenvalue weighted by atomic mass is 10.2. The number of nitrogens with zero attached hydrogens (tertiary/aromatic N) is 1. The van der Waals surface area contributed by atoms with E-state index in [2.05, 4.69) is 10.5 Å². The molecule has 0 aromatic heterocycles. The van der Waals surface area contributed by atoms with E-state index in [-0.39, 0.29) is 5.91 Å². The molecule has 2 aromatic rings. The molecule has 2 aromatic carbocycles. The van der Waals surface area contributed by atoms with E-state index in [4.69, 9.17) is 21.1 Å². The first kappa shape index (κ1) is 16.8. The highest BCUT2D eigenvalue weighted by Gasteiger charge is 2.13. The van der Waals surface area contributed by atoms with E-state index in [1.165, 1.54) is 6.21 Å². The Kier molecular flexibility index (Phi) is 6.00. The van der Waals surface area contributed by atoms with E-state index < -0.39 is 6.10 Å². The Morgan fingerprint density at radius 1 is 1.22 bits per heavy atom. The minimum Gasteiger partial charge on any atom is -0.497 e. The van der Waals surface area contributed by atoms with Crippen LogP contribution in [0.1, 0.15) is 12.5 Å². The predicted molar refractivity (Wildman–Crippen MR) is 90.3 cm³/mol. The number of nitrogens with one attached hydrogen (secondary N) is 1.